The van der Waals surface area contributed by atoms with Gasteiger partial charge >= 0.3 is 5.97 Å². The summed E-state index contributed by atoms with van der Waals surface area (Å²) in [6.45, 7) is 0. The first-order valence-electron chi connectivity index (χ1n) is 6.68. The number of hydrogen-bond donors (Lipinski definition) is 2. The average Bonchev–Trinajstić information content (AvgIpc) is 2.49. The van der Waals surface area contributed by atoms with Gasteiger partial charge in [0.05, 0.1) is 0 Å². The summed E-state index contributed by atoms with van der Waals surface area (Å²) in [4.78, 5) is 11.1. The van der Waals surface area contributed by atoms with Gasteiger partial charge in [-0.25, -0.2) is 4.79 Å². The molecule has 0 heterocycles. The molecule has 104 valence electrons. The molecule has 2 rings (SSSR count). The second-order valence-corrected chi connectivity index (χ2v) is 4.82. The number of rotatable bonds is 6. The molecule has 2 N–H and O–H groups in total. The summed E-state index contributed by atoms with van der Waals surface area (Å²) in [5.41, 5.74) is 2.00. The molecule has 2 unspecified atom stereocenters. The van der Waals surface area contributed by atoms with Gasteiger partial charge in [-0.2, -0.15) is 0 Å². The normalized spacial score (nSPS) is 13.7. The second kappa shape index (κ2) is 6.87. The molecule has 0 bridgehead atoms. The molecule has 0 radical (unpaired) electrons. The van der Waals surface area contributed by atoms with Crippen LogP contribution in [0.4, 0.5) is 0 Å². The van der Waals surface area contributed by atoms with Gasteiger partial charge in [-0.1, -0.05) is 60.7 Å². The van der Waals surface area contributed by atoms with Gasteiger partial charge in [0.1, 0.15) is 0 Å². The van der Waals surface area contributed by atoms with E-state index in [1.807, 2.05) is 60.7 Å². The SMILES string of the molecule is O=C(O)C(O)C(CCc1ccccc1)c1ccccc1. The third kappa shape index (κ3) is 3.68. The Hall–Kier alpha value is -2.13. The number of hydrogen-bond acceptors (Lipinski definition) is 2. The van der Waals surface area contributed by atoms with Crippen LogP contribution in [-0.4, -0.2) is 22.3 Å². The molecule has 2 atom stereocenters. The first-order chi connectivity index (χ1) is 9.68. The van der Waals surface area contributed by atoms with Crippen molar-refractivity contribution in [3.63, 3.8) is 0 Å². The van der Waals surface area contributed by atoms with Crippen LogP contribution in [0.5, 0.6) is 0 Å². The van der Waals surface area contributed by atoms with Crippen molar-refractivity contribution in [2.75, 3.05) is 0 Å². The van der Waals surface area contributed by atoms with Crippen molar-refractivity contribution in [1.82, 2.24) is 0 Å². The fourth-order valence-corrected chi connectivity index (χ4v) is 2.35. The number of carboxylic acid groups (broad SMARTS) is 1. The van der Waals surface area contributed by atoms with E-state index < -0.39 is 18.0 Å². The van der Waals surface area contributed by atoms with Crippen LogP contribution in [0.3, 0.4) is 0 Å². The molecule has 0 aliphatic heterocycles. The van der Waals surface area contributed by atoms with Gasteiger partial charge in [-0.3, -0.25) is 0 Å². The third-order valence-corrected chi connectivity index (χ3v) is 3.45. The van der Waals surface area contributed by atoms with Crippen LogP contribution < -0.4 is 0 Å². The lowest BCUT2D eigenvalue weighted by molar-refractivity contribution is -0.148. The van der Waals surface area contributed by atoms with Crippen LogP contribution in [0, 0.1) is 0 Å². The topological polar surface area (TPSA) is 57.5 Å². The van der Waals surface area contributed by atoms with Crippen LogP contribution in [0.25, 0.3) is 0 Å². The Balaban J connectivity index is 2.13. The maximum atomic E-state index is 11.1. The summed E-state index contributed by atoms with van der Waals surface area (Å²) in [6.07, 6.45) is -0.0345. The minimum absolute atomic E-state index is 0.395. The molecular weight excluding hydrogens is 252 g/mol. The average molecular weight is 270 g/mol. The summed E-state index contributed by atoms with van der Waals surface area (Å²) >= 11 is 0. The minimum Gasteiger partial charge on any atom is -0.479 e. The highest BCUT2D eigenvalue weighted by atomic mass is 16.4. The fourth-order valence-electron chi connectivity index (χ4n) is 2.35. The first kappa shape index (κ1) is 14.3. The summed E-state index contributed by atoms with van der Waals surface area (Å²) in [6, 6.07) is 19.2. The molecule has 3 heteroatoms. The van der Waals surface area contributed by atoms with Crippen LogP contribution in [0.15, 0.2) is 60.7 Å². The Morgan fingerprint density at radius 1 is 0.950 bits per heavy atom. The molecular formula is C17H18O3. The van der Waals surface area contributed by atoms with E-state index >= 15 is 0 Å². The predicted molar refractivity (Wildman–Crippen MR) is 77.6 cm³/mol. The lowest BCUT2D eigenvalue weighted by atomic mass is 9.88. The van der Waals surface area contributed by atoms with Gasteiger partial charge in [0.2, 0.25) is 0 Å². The molecule has 20 heavy (non-hydrogen) atoms. The van der Waals surface area contributed by atoms with Crippen molar-refractivity contribution < 1.29 is 15.0 Å². The highest BCUT2D eigenvalue weighted by Crippen LogP contribution is 2.25. The number of aliphatic carboxylic acids is 1. The lowest BCUT2D eigenvalue weighted by Gasteiger charge is -2.20. The zero-order chi connectivity index (χ0) is 14.4. The Kier molecular flexibility index (Phi) is 4.91. The molecule has 3 nitrogen and oxygen atoms in total. The first-order valence-corrected chi connectivity index (χ1v) is 6.68. The highest BCUT2D eigenvalue weighted by molar-refractivity contribution is 5.73. The summed E-state index contributed by atoms with van der Waals surface area (Å²) in [5.74, 6) is -1.57. The summed E-state index contributed by atoms with van der Waals surface area (Å²) < 4.78 is 0. The van der Waals surface area contributed by atoms with Gasteiger partial charge in [0, 0.05) is 5.92 Å². The van der Waals surface area contributed by atoms with Crippen molar-refractivity contribution in [3.05, 3.63) is 71.8 Å². The molecule has 0 saturated heterocycles. The zero-order valence-electron chi connectivity index (χ0n) is 11.1. The zero-order valence-corrected chi connectivity index (χ0v) is 11.1. The molecule has 2 aromatic carbocycles. The van der Waals surface area contributed by atoms with Gasteiger partial charge in [0.25, 0.3) is 0 Å². The molecule has 0 amide bonds. The maximum Gasteiger partial charge on any atom is 0.333 e. The monoisotopic (exact) mass is 270 g/mol. The summed E-state index contributed by atoms with van der Waals surface area (Å²) in [5, 5.41) is 19.0. The molecule has 0 spiro atoms. The van der Waals surface area contributed by atoms with Crippen LogP contribution in [0.2, 0.25) is 0 Å². The molecule has 0 aromatic heterocycles. The Bertz CT molecular complexity index is 537. The molecule has 0 aliphatic rings. The quantitative estimate of drug-likeness (QED) is 0.848. The van der Waals surface area contributed by atoms with E-state index in [0.29, 0.717) is 6.42 Å². The maximum absolute atomic E-state index is 11.1. The van der Waals surface area contributed by atoms with E-state index in [2.05, 4.69) is 0 Å². The molecule has 0 saturated carbocycles. The van der Waals surface area contributed by atoms with Gasteiger partial charge in [0.15, 0.2) is 6.10 Å². The van der Waals surface area contributed by atoms with Crippen molar-refractivity contribution in [1.29, 1.82) is 0 Å². The molecule has 0 aliphatic carbocycles. The smallest absolute Gasteiger partial charge is 0.333 e. The van der Waals surface area contributed by atoms with E-state index in [0.717, 1.165) is 17.5 Å². The van der Waals surface area contributed by atoms with Crippen molar-refractivity contribution in [2.45, 2.75) is 24.9 Å². The van der Waals surface area contributed by atoms with Crippen molar-refractivity contribution in [2.24, 2.45) is 0 Å². The third-order valence-electron chi connectivity index (χ3n) is 3.45. The van der Waals surface area contributed by atoms with Crippen molar-refractivity contribution >= 4 is 5.97 Å². The Labute approximate surface area is 118 Å². The standard InChI is InChI=1S/C17H18O3/c18-16(17(19)20)15(14-9-5-2-6-10-14)12-11-13-7-3-1-4-8-13/h1-10,15-16,18H,11-12H2,(H,19,20). The predicted octanol–water partition coefficient (Wildman–Crippen LogP) is 2.85. The number of aryl methyl sites for hydroxylation is 1. The Morgan fingerprint density at radius 3 is 2.05 bits per heavy atom. The van der Waals surface area contributed by atoms with E-state index in [-0.39, 0.29) is 0 Å². The van der Waals surface area contributed by atoms with E-state index in [1.54, 1.807) is 0 Å². The minimum atomic E-state index is -1.37. The van der Waals surface area contributed by atoms with Crippen LogP contribution in [0.1, 0.15) is 23.5 Å². The van der Waals surface area contributed by atoms with Crippen molar-refractivity contribution in [3.8, 4) is 0 Å². The molecule has 2 aromatic rings. The van der Waals surface area contributed by atoms with Gasteiger partial charge < -0.3 is 10.2 Å². The number of carboxylic acids is 1. The lowest BCUT2D eigenvalue weighted by Crippen LogP contribution is -2.28. The van der Waals surface area contributed by atoms with E-state index in [1.165, 1.54) is 0 Å². The van der Waals surface area contributed by atoms with Crippen LogP contribution in [-0.2, 0) is 11.2 Å². The number of aliphatic hydroxyl groups is 1. The van der Waals surface area contributed by atoms with E-state index in [4.69, 9.17) is 5.11 Å². The van der Waals surface area contributed by atoms with Gasteiger partial charge in [-0.15, -0.1) is 0 Å². The van der Waals surface area contributed by atoms with E-state index in [9.17, 15) is 9.90 Å². The largest absolute Gasteiger partial charge is 0.479 e. The van der Waals surface area contributed by atoms with Crippen LogP contribution >= 0.6 is 0 Å². The number of aliphatic hydroxyl groups excluding tert-OH is 1. The Morgan fingerprint density at radius 2 is 1.50 bits per heavy atom. The second-order valence-electron chi connectivity index (χ2n) is 4.82. The molecule has 0 fully saturated rings. The van der Waals surface area contributed by atoms with Gasteiger partial charge in [-0.05, 0) is 24.0 Å². The fraction of sp³-hybridized carbons (Fsp3) is 0.235. The number of benzene rings is 2. The highest BCUT2D eigenvalue weighted by Gasteiger charge is 2.26. The number of carbonyl (C=O) groups is 1. The summed E-state index contributed by atoms with van der Waals surface area (Å²) in [7, 11) is 0.